The van der Waals surface area contributed by atoms with Crippen LogP contribution in [-0.2, 0) is 9.59 Å². The molecule has 4 rings (SSSR count). The van der Waals surface area contributed by atoms with Crippen LogP contribution >= 0.6 is 23.3 Å². The molecule has 176 valence electrons. The molecule has 2 N–H and O–H groups in total. The third kappa shape index (κ3) is 7.13. The first-order valence-electron chi connectivity index (χ1n) is 10.7. The van der Waals surface area contributed by atoms with Gasteiger partial charge in [-0.1, -0.05) is 19.1 Å². The highest BCUT2D eigenvalue weighted by Crippen LogP contribution is 2.28. The van der Waals surface area contributed by atoms with Gasteiger partial charge >= 0.3 is 0 Å². The molecular weight excluding hydrogens is 470 g/mol. The van der Waals surface area contributed by atoms with E-state index >= 15 is 0 Å². The van der Waals surface area contributed by atoms with Crippen LogP contribution in [0, 0.1) is 0 Å². The Bertz CT molecular complexity index is 1120. The molecule has 0 amide bonds. The molecule has 10 heteroatoms. The molecule has 0 spiro atoms. The minimum absolute atomic E-state index is 0.0808. The Balaban J connectivity index is 0.000000588. The van der Waals surface area contributed by atoms with Crippen molar-refractivity contribution >= 4 is 46.8 Å². The number of carbonyl (C=O) groups excluding carboxylic acids is 2. The molecule has 1 aliphatic rings. The minimum atomic E-state index is -0.0808. The van der Waals surface area contributed by atoms with Crippen LogP contribution in [0.3, 0.4) is 0 Å². The second-order valence-electron chi connectivity index (χ2n) is 7.13. The van der Waals surface area contributed by atoms with Crippen molar-refractivity contribution in [2.75, 3.05) is 31.1 Å². The smallest absolute Gasteiger partial charge is 0.225 e. The Morgan fingerprint density at radius 1 is 1.12 bits per heavy atom. The van der Waals surface area contributed by atoms with Crippen molar-refractivity contribution in [3.8, 4) is 11.1 Å². The van der Waals surface area contributed by atoms with E-state index < -0.39 is 0 Å². The summed E-state index contributed by atoms with van der Waals surface area (Å²) in [5, 5.41) is 13.1. The van der Waals surface area contributed by atoms with Crippen molar-refractivity contribution in [1.29, 1.82) is 0 Å². The number of hydrogen-bond donors (Lipinski definition) is 2. The molecule has 3 aromatic rings. The van der Waals surface area contributed by atoms with Gasteiger partial charge in [-0.05, 0) is 64.5 Å². The second kappa shape index (κ2) is 13.5. The fourth-order valence-electron chi connectivity index (χ4n) is 3.11. The van der Waals surface area contributed by atoms with Crippen LogP contribution in [-0.4, -0.2) is 57.5 Å². The van der Waals surface area contributed by atoms with E-state index in [1.807, 2.05) is 6.92 Å². The van der Waals surface area contributed by atoms with Gasteiger partial charge in [0.25, 0.3) is 0 Å². The molecule has 1 saturated heterocycles. The Morgan fingerprint density at radius 3 is 2.32 bits per heavy atom. The largest absolute Gasteiger partial charge is 0.338 e. The minimum Gasteiger partial charge on any atom is -0.338 e. The quantitative estimate of drug-likeness (QED) is 0.287. The maximum Gasteiger partial charge on any atom is 0.225 e. The zero-order valence-corrected chi connectivity index (χ0v) is 20.3. The summed E-state index contributed by atoms with van der Waals surface area (Å²) in [6.07, 6.45) is 5.24. The highest BCUT2D eigenvalue weighted by atomic mass is 32.2. The first kappa shape index (κ1) is 25.4. The van der Waals surface area contributed by atoms with Crippen molar-refractivity contribution in [1.82, 2.24) is 19.8 Å². The number of nitrogens with one attached hydrogen (secondary N) is 1. The summed E-state index contributed by atoms with van der Waals surface area (Å²) in [6.45, 7) is 5.30. The van der Waals surface area contributed by atoms with Gasteiger partial charge in [-0.15, -0.1) is 0 Å². The highest BCUT2D eigenvalue weighted by molar-refractivity contribution is 7.97. The van der Waals surface area contributed by atoms with Crippen LogP contribution < -0.4 is 10.4 Å². The number of thiophene rings is 1. The molecule has 8 nitrogen and oxygen atoms in total. The van der Waals surface area contributed by atoms with E-state index in [1.54, 1.807) is 40.6 Å². The van der Waals surface area contributed by atoms with Gasteiger partial charge in [-0.3, -0.25) is 10.7 Å². The van der Waals surface area contributed by atoms with Gasteiger partial charge in [0.15, 0.2) is 11.6 Å². The summed E-state index contributed by atoms with van der Waals surface area (Å²) >= 11 is 3.48. The molecule has 1 aromatic carbocycles. The third-order valence-corrected chi connectivity index (χ3v) is 6.68. The molecule has 0 saturated carbocycles. The first-order valence-corrected chi connectivity index (χ1v) is 12.4. The Morgan fingerprint density at radius 2 is 1.82 bits per heavy atom. The standard InChI is InChI=1S/C20H19N5O2S2.C4H6O/c26-13-19(23-27)17-11-21-20(22-12-17)24-6-8-25(9-7-24)29-18-3-1-15(2-4-18)16-5-10-28-14-16;1-2-3-4-5/h1-5,10-12,14,23,27H,6-9H2;3H,2H2,1H3. The van der Waals surface area contributed by atoms with Crippen molar-refractivity contribution in [3.63, 3.8) is 0 Å². The molecule has 34 heavy (non-hydrogen) atoms. The van der Waals surface area contributed by atoms with Crippen molar-refractivity contribution in [3.05, 3.63) is 65.1 Å². The van der Waals surface area contributed by atoms with Gasteiger partial charge < -0.3 is 4.90 Å². The number of allylic oxidation sites excluding steroid dienone is 1. The van der Waals surface area contributed by atoms with Crippen LogP contribution in [0.25, 0.3) is 16.8 Å². The molecular formula is C24H25N5O3S2. The second-order valence-corrected chi connectivity index (χ2v) is 9.08. The number of benzene rings is 1. The highest BCUT2D eigenvalue weighted by Gasteiger charge is 2.20. The van der Waals surface area contributed by atoms with E-state index in [2.05, 4.69) is 60.3 Å². The van der Waals surface area contributed by atoms with Crippen molar-refractivity contribution in [2.24, 2.45) is 0 Å². The van der Waals surface area contributed by atoms with Crippen LogP contribution in [0.1, 0.15) is 18.9 Å². The summed E-state index contributed by atoms with van der Waals surface area (Å²) in [6, 6.07) is 10.8. The normalized spacial score (nSPS) is 13.2. The lowest BCUT2D eigenvalue weighted by Gasteiger charge is -2.33. The monoisotopic (exact) mass is 495 g/mol. The SMILES string of the molecule is CCC=C=O.O=C=C(NO)c1cnc(N2CCN(Sc3ccc(-c4ccsc4)cc3)CC2)nc1. The van der Waals surface area contributed by atoms with Crippen LogP contribution in [0.4, 0.5) is 5.95 Å². The average Bonchev–Trinajstić information content (AvgIpc) is 3.42. The fourth-order valence-corrected chi connectivity index (χ4v) is 4.68. The summed E-state index contributed by atoms with van der Waals surface area (Å²) in [5.74, 6) is 3.87. The number of hydroxylamine groups is 1. The van der Waals surface area contributed by atoms with Gasteiger partial charge in [-0.25, -0.2) is 23.9 Å². The van der Waals surface area contributed by atoms with Gasteiger partial charge in [0.05, 0.1) is 0 Å². The lowest BCUT2D eigenvalue weighted by atomic mass is 10.1. The maximum absolute atomic E-state index is 10.7. The van der Waals surface area contributed by atoms with Crippen LogP contribution in [0.15, 0.2) is 64.5 Å². The summed E-state index contributed by atoms with van der Waals surface area (Å²) in [4.78, 5) is 31.9. The van der Waals surface area contributed by atoms with Crippen LogP contribution in [0.5, 0.6) is 0 Å². The number of aromatic nitrogens is 2. The number of piperazine rings is 1. The number of hydrogen-bond acceptors (Lipinski definition) is 10. The molecule has 0 radical (unpaired) electrons. The number of nitrogens with zero attached hydrogens (tertiary/aromatic N) is 4. The number of anilines is 1. The summed E-state index contributed by atoms with van der Waals surface area (Å²) < 4.78 is 2.34. The van der Waals surface area contributed by atoms with Crippen LogP contribution in [0.2, 0.25) is 0 Å². The predicted molar refractivity (Wildman–Crippen MR) is 136 cm³/mol. The van der Waals surface area contributed by atoms with E-state index in [0.717, 1.165) is 32.6 Å². The lowest BCUT2D eigenvalue weighted by molar-refractivity contribution is 0.225. The lowest BCUT2D eigenvalue weighted by Crippen LogP contribution is -2.44. The Kier molecular flexibility index (Phi) is 10.1. The average molecular weight is 496 g/mol. The summed E-state index contributed by atoms with van der Waals surface area (Å²) in [7, 11) is 0. The van der Waals surface area contributed by atoms with Gasteiger partial charge in [0.2, 0.25) is 5.95 Å². The fraction of sp³-hybridized carbons (Fsp3) is 0.250. The van der Waals surface area contributed by atoms with E-state index in [9.17, 15) is 9.59 Å². The maximum atomic E-state index is 10.7. The van der Waals surface area contributed by atoms with E-state index in [0.29, 0.717) is 11.5 Å². The molecule has 0 aliphatic carbocycles. The molecule has 3 heterocycles. The van der Waals surface area contributed by atoms with E-state index in [1.165, 1.54) is 34.5 Å². The van der Waals surface area contributed by atoms with Gasteiger partial charge in [0.1, 0.15) is 5.94 Å². The van der Waals surface area contributed by atoms with Gasteiger partial charge in [0, 0.05) is 49.0 Å². The summed E-state index contributed by atoms with van der Waals surface area (Å²) in [5.41, 5.74) is 4.61. The van der Waals surface area contributed by atoms with Crippen molar-refractivity contribution < 1.29 is 14.8 Å². The first-order chi connectivity index (χ1) is 16.7. The molecule has 2 aromatic heterocycles. The molecule has 1 aliphatic heterocycles. The van der Waals surface area contributed by atoms with E-state index in [4.69, 9.17) is 5.21 Å². The zero-order valence-electron chi connectivity index (χ0n) is 18.7. The topological polar surface area (TPSA) is 98.7 Å². The Labute approximate surface area is 206 Å². The molecule has 0 unspecified atom stereocenters. The van der Waals surface area contributed by atoms with E-state index in [-0.39, 0.29) is 5.70 Å². The van der Waals surface area contributed by atoms with Crippen molar-refractivity contribution in [2.45, 2.75) is 18.2 Å². The molecule has 0 atom stereocenters. The molecule has 1 fully saturated rings. The molecule has 0 bridgehead atoms. The number of rotatable bonds is 7. The third-order valence-electron chi connectivity index (χ3n) is 4.89. The van der Waals surface area contributed by atoms with Gasteiger partial charge in [-0.2, -0.15) is 11.3 Å². The zero-order chi connectivity index (χ0) is 24.2. The Hall–Kier alpha value is -3.23. The predicted octanol–water partition coefficient (Wildman–Crippen LogP) is 3.97.